The number of aromatic nitrogens is 1. The van der Waals surface area contributed by atoms with Crippen molar-refractivity contribution < 1.29 is 13.5 Å². The minimum Gasteiger partial charge on any atom is -0.391 e. The number of hydrogen-bond acceptors (Lipinski definition) is 5. The van der Waals surface area contributed by atoms with E-state index in [1.165, 1.54) is 29.8 Å². The summed E-state index contributed by atoms with van der Waals surface area (Å²) in [6.45, 7) is -0.197. The van der Waals surface area contributed by atoms with Crippen molar-refractivity contribution in [2.45, 2.75) is 11.5 Å². The molecule has 2 heterocycles. The van der Waals surface area contributed by atoms with Crippen molar-refractivity contribution in [1.82, 2.24) is 4.98 Å². The van der Waals surface area contributed by atoms with Crippen molar-refractivity contribution in [3.63, 3.8) is 0 Å². The maximum absolute atomic E-state index is 12.2. The summed E-state index contributed by atoms with van der Waals surface area (Å²) in [6.07, 6.45) is 2.99. The maximum Gasteiger partial charge on any atom is 0.263 e. The molecule has 2 N–H and O–H groups in total. The number of aliphatic hydroxyl groups is 1. The molecule has 0 radical (unpaired) electrons. The lowest BCUT2D eigenvalue weighted by Gasteiger charge is -2.08. The van der Waals surface area contributed by atoms with Gasteiger partial charge in [0.25, 0.3) is 10.0 Å². The van der Waals surface area contributed by atoms with E-state index in [0.717, 1.165) is 0 Å². The Morgan fingerprint density at radius 3 is 2.74 bits per heavy atom. The molecule has 0 bridgehead atoms. The molecule has 0 atom stereocenters. The van der Waals surface area contributed by atoms with Gasteiger partial charge in [0, 0.05) is 17.3 Å². The van der Waals surface area contributed by atoms with Crippen LogP contribution in [-0.2, 0) is 16.6 Å². The highest BCUT2D eigenvalue weighted by Gasteiger charge is 2.21. The lowest BCUT2D eigenvalue weighted by molar-refractivity contribution is 0.285. The Kier molecular flexibility index (Phi) is 4.62. The summed E-state index contributed by atoms with van der Waals surface area (Å²) in [4.78, 5) is 4.53. The van der Waals surface area contributed by atoms with Crippen LogP contribution in [0.3, 0.4) is 0 Å². The molecule has 0 saturated carbocycles. The number of halogens is 2. The monoisotopic (exact) mass is 426 g/mol. The van der Waals surface area contributed by atoms with E-state index in [-0.39, 0.29) is 11.5 Å². The first-order chi connectivity index (χ1) is 8.94. The minimum absolute atomic E-state index is 0.102. The summed E-state index contributed by atoms with van der Waals surface area (Å²) < 4.78 is 28.0. The van der Waals surface area contributed by atoms with Crippen LogP contribution in [0.1, 0.15) is 4.88 Å². The first-order valence-electron chi connectivity index (χ1n) is 4.95. The second kappa shape index (κ2) is 5.88. The van der Waals surface area contributed by atoms with E-state index in [9.17, 15) is 8.42 Å². The topological polar surface area (TPSA) is 79.3 Å². The zero-order valence-corrected chi connectivity index (χ0v) is 14.1. The predicted octanol–water partition coefficient (Wildman–Crippen LogP) is 2.96. The van der Waals surface area contributed by atoms with Gasteiger partial charge in [0.2, 0.25) is 0 Å². The molecule has 0 fully saturated rings. The first kappa shape index (κ1) is 14.9. The summed E-state index contributed by atoms with van der Waals surface area (Å²) >= 11 is 7.59. The summed E-state index contributed by atoms with van der Waals surface area (Å²) in [7, 11) is -3.71. The summed E-state index contributed by atoms with van der Waals surface area (Å²) in [6, 6.07) is 2.99. The van der Waals surface area contributed by atoms with Crippen LogP contribution < -0.4 is 4.72 Å². The van der Waals surface area contributed by atoms with Crippen LogP contribution in [0.25, 0.3) is 0 Å². The van der Waals surface area contributed by atoms with Gasteiger partial charge in [-0.1, -0.05) is 0 Å². The molecular formula is C10H8Br2N2O3S2. The van der Waals surface area contributed by atoms with Crippen molar-refractivity contribution in [1.29, 1.82) is 0 Å². The van der Waals surface area contributed by atoms with Crippen molar-refractivity contribution in [3.05, 3.63) is 37.7 Å². The predicted molar refractivity (Wildman–Crippen MR) is 80.7 cm³/mol. The van der Waals surface area contributed by atoms with E-state index in [0.29, 0.717) is 18.8 Å². The quantitative estimate of drug-likeness (QED) is 0.785. The van der Waals surface area contributed by atoms with Gasteiger partial charge in [-0.05, 0) is 44.0 Å². The molecule has 19 heavy (non-hydrogen) atoms. The Labute approximate surface area is 131 Å². The fourth-order valence-electron chi connectivity index (χ4n) is 1.32. The van der Waals surface area contributed by atoms with E-state index in [1.807, 2.05) is 0 Å². The second-order valence-corrected chi connectivity index (χ2v) is 8.43. The molecule has 2 aromatic heterocycles. The van der Waals surface area contributed by atoms with E-state index >= 15 is 0 Å². The molecule has 0 spiro atoms. The Morgan fingerprint density at radius 2 is 2.16 bits per heavy atom. The maximum atomic E-state index is 12.2. The molecule has 0 amide bonds. The van der Waals surface area contributed by atoms with Gasteiger partial charge >= 0.3 is 0 Å². The number of anilines is 1. The van der Waals surface area contributed by atoms with Crippen molar-refractivity contribution >= 4 is 58.9 Å². The number of nitrogens with zero attached hydrogens (tertiary/aromatic N) is 1. The molecule has 2 aromatic rings. The van der Waals surface area contributed by atoms with Crippen LogP contribution >= 0.6 is 43.2 Å². The van der Waals surface area contributed by atoms with E-state index in [2.05, 4.69) is 41.6 Å². The number of rotatable bonds is 4. The highest BCUT2D eigenvalue weighted by Crippen LogP contribution is 2.33. The second-order valence-electron chi connectivity index (χ2n) is 3.47. The van der Waals surface area contributed by atoms with Gasteiger partial charge in [0.05, 0.1) is 20.6 Å². The number of pyridine rings is 1. The third-order valence-corrected chi connectivity index (χ3v) is 6.40. The van der Waals surface area contributed by atoms with Crippen LogP contribution in [0.2, 0.25) is 0 Å². The van der Waals surface area contributed by atoms with Crippen molar-refractivity contribution in [3.8, 4) is 0 Å². The SMILES string of the molecule is O=S(=O)(Nc1ccncc1Br)c1cc(CO)sc1Br. The van der Waals surface area contributed by atoms with Gasteiger partial charge in [-0.2, -0.15) is 0 Å². The van der Waals surface area contributed by atoms with Gasteiger partial charge in [0.1, 0.15) is 4.90 Å². The van der Waals surface area contributed by atoms with Crippen LogP contribution in [0.15, 0.2) is 37.7 Å². The van der Waals surface area contributed by atoms with E-state index in [4.69, 9.17) is 5.11 Å². The summed E-state index contributed by atoms with van der Waals surface area (Å²) in [5.41, 5.74) is 0.402. The minimum atomic E-state index is -3.71. The highest BCUT2D eigenvalue weighted by atomic mass is 79.9. The Morgan fingerprint density at radius 1 is 1.42 bits per heavy atom. The van der Waals surface area contributed by atoms with Crippen LogP contribution in [0, 0.1) is 0 Å². The average molecular weight is 428 g/mol. The Bertz CT molecular complexity index is 701. The third kappa shape index (κ3) is 3.34. The van der Waals surface area contributed by atoms with Crippen LogP contribution in [0.5, 0.6) is 0 Å². The average Bonchev–Trinajstić information content (AvgIpc) is 2.74. The van der Waals surface area contributed by atoms with Crippen molar-refractivity contribution in [2.75, 3.05) is 4.72 Å². The molecule has 0 aliphatic carbocycles. The molecule has 0 saturated heterocycles. The molecule has 2 rings (SSSR count). The summed E-state index contributed by atoms with van der Waals surface area (Å²) in [5, 5.41) is 9.03. The normalized spacial score (nSPS) is 11.5. The zero-order chi connectivity index (χ0) is 14.0. The fraction of sp³-hybridized carbons (Fsp3) is 0.100. The van der Waals surface area contributed by atoms with E-state index in [1.54, 1.807) is 6.07 Å². The summed E-state index contributed by atoms with van der Waals surface area (Å²) in [5.74, 6) is 0. The van der Waals surface area contributed by atoms with Crippen LogP contribution in [0.4, 0.5) is 5.69 Å². The van der Waals surface area contributed by atoms with Crippen molar-refractivity contribution in [2.24, 2.45) is 0 Å². The zero-order valence-electron chi connectivity index (χ0n) is 9.30. The Hall–Kier alpha value is -0.480. The molecule has 0 unspecified atom stereocenters. The van der Waals surface area contributed by atoms with Gasteiger partial charge in [-0.3, -0.25) is 9.71 Å². The molecule has 0 aliphatic heterocycles. The molecule has 9 heteroatoms. The third-order valence-electron chi connectivity index (χ3n) is 2.17. The number of aliphatic hydroxyl groups excluding tert-OH is 1. The lowest BCUT2D eigenvalue weighted by atomic mass is 10.4. The Balaban J connectivity index is 2.38. The van der Waals surface area contributed by atoms with E-state index < -0.39 is 10.0 Å². The van der Waals surface area contributed by atoms with Gasteiger partial charge < -0.3 is 5.11 Å². The molecule has 0 aromatic carbocycles. The number of sulfonamides is 1. The van der Waals surface area contributed by atoms with Gasteiger partial charge in [-0.15, -0.1) is 11.3 Å². The number of nitrogens with one attached hydrogen (secondary N) is 1. The first-order valence-corrected chi connectivity index (χ1v) is 8.84. The van der Waals surface area contributed by atoms with Crippen LogP contribution in [-0.4, -0.2) is 18.5 Å². The van der Waals surface area contributed by atoms with Gasteiger partial charge in [0.15, 0.2) is 0 Å². The standard InChI is InChI=1S/C10H8Br2N2O3S2/c11-7-4-13-2-1-8(7)14-19(16,17)9-3-6(5-15)18-10(9)12/h1-4,15H,5H2,(H,13,14). The fourth-order valence-corrected chi connectivity index (χ4v) is 5.42. The molecule has 0 aliphatic rings. The van der Waals surface area contributed by atoms with Gasteiger partial charge in [-0.25, -0.2) is 8.42 Å². The smallest absolute Gasteiger partial charge is 0.263 e. The number of hydrogen-bond donors (Lipinski definition) is 2. The molecule has 5 nitrogen and oxygen atoms in total. The highest BCUT2D eigenvalue weighted by molar-refractivity contribution is 9.11. The molecule has 102 valence electrons. The lowest BCUT2D eigenvalue weighted by Crippen LogP contribution is -2.13. The molecular weight excluding hydrogens is 420 g/mol. The largest absolute Gasteiger partial charge is 0.391 e. The number of thiophene rings is 1.